The third-order valence-corrected chi connectivity index (χ3v) is 3.94. The summed E-state index contributed by atoms with van der Waals surface area (Å²) in [7, 11) is 0. The SMILES string of the molecule is Brc1ccc(-c2nnc3n2CCNC3)c(Br)c1. The van der Waals surface area contributed by atoms with Gasteiger partial charge in [-0.1, -0.05) is 15.9 Å². The Kier molecular flexibility index (Phi) is 3.02. The molecule has 0 radical (unpaired) electrons. The van der Waals surface area contributed by atoms with Crippen LogP contribution in [0.5, 0.6) is 0 Å². The van der Waals surface area contributed by atoms with Crippen molar-refractivity contribution < 1.29 is 0 Å². The molecule has 1 N–H and O–H groups in total. The zero-order valence-corrected chi connectivity index (χ0v) is 12.1. The second-order valence-electron chi connectivity index (χ2n) is 3.89. The van der Waals surface area contributed by atoms with E-state index in [-0.39, 0.29) is 0 Å². The lowest BCUT2D eigenvalue weighted by atomic mass is 10.2. The first-order valence-corrected chi connectivity index (χ1v) is 6.92. The molecule has 1 aromatic carbocycles. The van der Waals surface area contributed by atoms with Gasteiger partial charge in [-0.3, -0.25) is 0 Å². The van der Waals surface area contributed by atoms with Crippen LogP contribution in [0.25, 0.3) is 11.4 Å². The van der Waals surface area contributed by atoms with Crippen molar-refractivity contribution in [3.05, 3.63) is 33.0 Å². The number of rotatable bonds is 1. The molecular formula is C11H10Br2N4. The molecule has 1 aliphatic heterocycles. The highest BCUT2D eigenvalue weighted by molar-refractivity contribution is 9.11. The maximum absolute atomic E-state index is 4.29. The first kappa shape index (κ1) is 11.4. The first-order valence-electron chi connectivity index (χ1n) is 5.34. The standard InChI is InChI=1S/C11H10Br2N4/c12-7-1-2-8(9(13)5-7)11-16-15-10-6-14-3-4-17(10)11/h1-2,5,14H,3-4,6H2. The summed E-state index contributed by atoms with van der Waals surface area (Å²) < 4.78 is 4.25. The molecule has 0 amide bonds. The average molecular weight is 358 g/mol. The molecule has 2 heterocycles. The summed E-state index contributed by atoms with van der Waals surface area (Å²) in [5, 5.41) is 11.8. The van der Waals surface area contributed by atoms with Gasteiger partial charge in [-0.25, -0.2) is 0 Å². The molecule has 0 atom stereocenters. The molecule has 0 fully saturated rings. The molecule has 17 heavy (non-hydrogen) atoms. The van der Waals surface area contributed by atoms with Crippen LogP contribution in [-0.2, 0) is 13.1 Å². The van der Waals surface area contributed by atoms with Gasteiger partial charge in [-0.05, 0) is 34.1 Å². The molecule has 0 saturated heterocycles. The highest BCUT2D eigenvalue weighted by Crippen LogP contribution is 2.30. The van der Waals surface area contributed by atoms with Gasteiger partial charge >= 0.3 is 0 Å². The molecule has 0 bridgehead atoms. The Labute approximate surface area is 116 Å². The topological polar surface area (TPSA) is 42.7 Å². The fourth-order valence-electron chi connectivity index (χ4n) is 1.96. The van der Waals surface area contributed by atoms with E-state index in [1.807, 2.05) is 18.2 Å². The Morgan fingerprint density at radius 3 is 2.94 bits per heavy atom. The summed E-state index contributed by atoms with van der Waals surface area (Å²) >= 11 is 7.02. The summed E-state index contributed by atoms with van der Waals surface area (Å²) in [6.45, 7) is 2.67. The van der Waals surface area contributed by atoms with Crippen molar-refractivity contribution in [3.8, 4) is 11.4 Å². The van der Waals surface area contributed by atoms with Crippen molar-refractivity contribution in [2.75, 3.05) is 6.54 Å². The Hall–Kier alpha value is -0.720. The number of nitrogens with zero attached hydrogens (tertiary/aromatic N) is 3. The van der Waals surface area contributed by atoms with Crippen LogP contribution in [0.4, 0.5) is 0 Å². The smallest absolute Gasteiger partial charge is 0.165 e. The van der Waals surface area contributed by atoms with Gasteiger partial charge in [0.25, 0.3) is 0 Å². The molecule has 1 aromatic heterocycles. The molecular weight excluding hydrogens is 348 g/mol. The second kappa shape index (κ2) is 4.51. The average Bonchev–Trinajstić information content (AvgIpc) is 2.73. The van der Waals surface area contributed by atoms with Crippen LogP contribution >= 0.6 is 31.9 Å². The quantitative estimate of drug-likeness (QED) is 0.852. The lowest BCUT2D eigenvalue weighted by molar-refractivity contribution is 0.508. The minimum atomic E-state index is 0.793. The molecule has 4 nitrogen and oxygen atoms in total. The van der Waals surface area contributed by atoms with Crippen molar-refractivity contribution in [2.24, 2.45) is 0 Å². The number of hydrogen-bond donors (Lipinski definition) is 1. The van der Waals surface area contributed by atoms with E-state index in [2.05, 4.69) is 51.9 Å². The third-order valence-electron chi connectivity index (χ3n) is 2.79. The van der Waals surface area contributed by atoms with Gasteiger partial charge in [-0.15, -0.1) is 10.2 Å². The van der Waals surface area contributed by atoms with Crippen molar-refractivity contribution in [1.82, 2.24) is 20.1 Å². The molecule has 3 rings (SSSR count). The number of hydrogen-bond acceptors (Lipinski definition) is 3. The number of nitrogens with one attached hydrogen (secondary N) is 1. The predicted molar refractivity (Wildman–Crippen MR) is 72.6 cm³/mol. The molecule has 0 spiro atoms. The Bertz CT molecular complexity index is 565. The van der Waals surface area contributed by atoms with Gasteiger partial charge in [0.2, 0.25) is 0 Å². The Morgan fingerprint density at radius 1 is 1.24 bits per heavy atom. The van der Waals surface area contributed by atoms with Crippen LogP contribution in [0.3, 0.4) is 0 Å². The molecule has 1 aliphatic rings. The van der Waals surface area contributed by atoms with E-state index in [1.54, 1.807) is 0 Å². The number of halogens is 2. The molecule has 0 aliphatic carbocycles. The summed E-state index contributed by atoms with van der Waals surface area (Å²) in [5.41, 5.74) is 1.08. The van der Waals surface area contributed by atoms with Gasteiger partial charge < -0.3 is 9.88 Å². The van der Waals surface area contributed by atoms with Crippen LogP contribution in [0.2, 0.25) is 0 Å². The van der Waals surface area contributed by atoms with Gasteiger partial charge in [0.05, 0.1) is 6.54 Å². The van der Waals surface area contributed by atoms with E-state index >= 15 is 0 Å². The predicted octanol–water partition coefficient (Wildman–Crippen LogP) is 2.57. The number of aromatic nitrogens is 3. The van der Waals surface area contributed by atoms with E-state index in [0.29, 0.717) is 0 Å². The highest BCUT2D eigenvalue weighted by Gasteiger charge is 2.18. The van der Waals surface area contributed by atoms with E-state index in [4.69, 9.17) is 0 Å². The zero-order chi connectivity index (χ0) is 11.8. The maximum Gasteiger partial charge on any atom is 0.165 e. The van der Waals surface area contributed by atoms with Crippen molar-refractivity contribution in [3.63, 3.8) is 0 Å². The number of benzene rings is 1. The van der Waals surface area contributed by atoms with Crippen LogP contribution in [0, 0.1) is 0 Å². The van der Waals surface area contributed by atoms with Crippen molar-refractivity contribution in [1.29, 1.82) is 0 Å². The van der Waals surface area contributed by atoms with Gasteiger partial charge in [0.1, 0.15) is 5.82 Å². The van der Waals surface area contributed by atoms with Gasteiger partial charge in [0, 0.05) is 27.6 Å². The molecule has 0 saturated carbocycles. The second-order valence-corrected chi connectivity index (χ2v) is 5.66. The third kappa shape index (κ3) is 2.05. The molecule has 0 unspecified atom stereocenters. The molecule has 6 heteroatoms. The lowest BCUT2D eigenvalue weighted by Gasteiger charge is -2.16. The van der Waals surface area contributed by atoms with Crippen molar-refractivity contribution in [2.45, 2.75) is 13.1 Å². The monoisotopic (exact) mass is 356 g/mol. The summed E-state index contributed by atoms with van der Waals surface area (Å²) in [6, 6.07) is 6.09. The maximum atomic E-state index is 4.29. The lowest BCUT2D eigenvalue weighted by Crippen LogP contribution is -2.28. The normalized spacial score (nSPS) is 14.7. The van der Waals surface area contributed by atoms with Gasteiger partial charge in [0.15, 0.2) is 5.82 Å². The van der Waals surface area contributed by atoms with Gasteiger partial charge in [-0.2, -0.15) is 0 Å². The first-order chi connectivity index (χ1) is 8.25. The van der Waals surface area contributed by atoms with E-state index < -0.39 is 0 Å². The van der Waals surface area contributed by atoms with E-state index in [0.717, 1.165) is 45.8 Å². The number of fused-ring (bicyclic) bond motifs is 1. The van der Waals surface area contributed by atoms with Crippen LogP contribution < -0.4 is 5.32 Å². The fourth-order valence-corrected chi connectivity index (χ4v) is 3.19. The highest BCUT2D eigenvalue weighted by atomic mass is 79.9. The van der Waals surface area contributed by atoms with Crippen LogP contribution in [-0.4, -0.2) is 21.3 Å². The van der Waals surface area contributed by atoms with Crippen LogP contribution in [0.1, 0.15) is 5.82 Å². The van der Waals surface area contributed by atoms with E-state index in [9.17, 15) is 0 Å². The van der Waals surface area contributed by atoms with Crippen LogP contribution in [0.15, 0.2) is 27.1 Å². The molecule has 88 valence electrons. The Balaban J connectivity index is 2.12. The molecule has 2 aromatic rings. The minimum absolute atomic E-state index is 0.793. The minimum Gasteiger partial charge on any atom is -0.309 e. The van der Waals surface area contributed by atoms with E-state index in [1.165, 1.54) is 0 Å². The zero-order valence-electron chi connectivity index (χ0n) is 8.95. The fraction of sp³-hybridized carbons (Fsp3) is 0.273. The summed E-state index contributed by atoms with van der Waals surface area (Å²) in [4.78, 5) is 0. The Morgan fingerprint density at radius 2 is 2.12 bits per heavy atom. The largest absolute Gasteiger partial charge is 0.309 e. The van der Waals surface area contributed by atoms with Crippen molar-refractivity contribution >= 4 is 31.9 Å². The summed E-state index contributed by atoms with van der Waals surface area (Å²) in [6.07, 6.45) is 0. The summed E-state index contributed by atoms with van der Waals surface area (Å²) in [5.74, 6) is 1.93.